The summed E-state index contributed by atoms with van der Waals surface area (Å²) in [6, 6.07) is 16.1. The normalized spacial score (nSPS) is 10.3. The Morgan fingerprint density at radius 1 is 1.00 bits per heavy atom. The Labute approximate surface area is 164 Å². The average molecular weight is 400 g/mol. The zero-order chi connectivity index (χ0) is 19.1. The number of rotatable bonds is 7. The minimum absolute atomic E-state index is 0.174. The number of amides is 2. The highest BCUT2D eigenvalue weighted by Gasteiger charge is 2.14. The third kappa shape index (κ3) is 5.28. The summed E-state index contributed by atoms with van der Waals surface area (Å²) in [5.41, 5.74) is 1.55. The molecule has 0 radical (unpaired) electrons. The fraction of sp³-hybridized carbons (Fsp3) is 0.111. The Bertz CT molecular complexity index is 930. The minimum Gasteiger partial charge on any atom is -0.363 e. The van der Waals surface area contributed by atoms with E-state index in [0.29, 0.717) is 26.4 Å². The highest BCUT2D eigenvalue weighted by Crippen LogP contribution is 2.25. The van der Waals surface area contributed by atoms with Crippen LogP contribution in [0.25, 0.3) is 0 Å². The lowest BCUT2D eigenvalue weighted by atomic mass is 10.1. The number of para-hydroxylation sites is 2. The van der Waals surface area contributed by atoms with Gasteiger partial charge in [0, 0.05) is 12.7 Å². The summed E-state index contributed by atoms with van der Waals surface area (Å²) in [5, 5.41) is 17.1. The predicted molar refractivity (Wildman–Crippen MR) is 110 cm³/mol. The fourth-order valence-electron chi connectivity index (χ4n) is 2.19. The highest BCUT2D eigenvalue weighted by atomic mass is 32.2. The summed E-state index contributed by atoms with van der Waals surface area (Å²) in [6.07, 6.45) is 0. The molecule has 27 heavy (non-hydrogen) atoms. The minimum atomic E-state index is -0.285. The van der Waals surface area contributed by atoms with Gasteiger partial charge in [0.05, 0.1) is 17.0 Å². The van der Waals surface area contributed by atoms with Gasteiger partial charge in [0.25, 0.3) is 5.91 Å². The van der Waals surface area contributed by atoms with Gasteiger partial charge in [-0.3, -0.25) is 9.59 Å². The molecule has 2 aromatic carbocycles. The van der Waals surface area contributed by atoms with Crippen LogP contribution in [-0.2, 0) is 4.79 Å². The molecule has 3 rings (SSSR count). The van der Waals surface area contributed by atoms with Gasteiger partial charge in [-0.15, -0.1) is 10.2 Å². The van der Waals surface area contributed by atoms with Gasteiger partial charge in [0.1, 0.15) is 0 Å². The Morgan fingerprint density at radius 3 is 2.48 bits per heavy atom. The zero-order valence-corrected chi connectivity index (χ0v) is 16.1. The molecule has 0 atom stereocenters. The number of anilines is 3. The molecule has 1 heterocycles. The predicted octanol–water partition coefficient (Wildman–Crippen LogP) is 3.56. The summed E-state index contributed by atoms with van der Waals surface area (Å²) in [7, 11) is 1.76. The van der Waals surface area contributed by atoms with Gasteiger partial charge in [0.2, 0.25) is 11.0 Å². The molecule has 9 heteroatoms. The SMILES string of the molecule is CNc1nnc(SCC(=O)Nc2ccccc2C(=O)Nc2ccccc2)s1. The number of carbonyl (C=O) groups is 2. The molecule has 2 amide bonds. The molecule has 138 valence electrons. The number of hydrogen-bond donors (Lipinski definition) is 3. The molecule has 0 fully saturated rings. The van der Waals surface area contributed by atoms with Crippen molar-refractivity contribution in [2.75, 3.05) is 28.8 Å². The van der Waals surface area contributed by atoms with Gasteiger partial charge in [-0.1, -0.05) is 53.4 Å². The Balaban J connectivity index is 1.62. The van der Waals surface area contributed by atoms with Crippen molar-refractivity contribution in [2.45, 2.75) is 4.34 Å². The van der Waals surface area contributed by atoms with Gasteiger partial charge < -0.3 is 16.0 Å². The second-order valence-corrected chi connectivity index (χ2v) is 7.53. The average Bonchev–Trinajstić information content (AvgIpc) is 3.16. The van der Waals surface area contributed by atoms with Crippen LogP contribution in [0.4, 0.5) is 16.5 Å². The lowest BCUT2D eigenvalue weighted by Gasteiger charge is -2.11. The van der Waals surface area contributed by atoms with E-state index in [0.717, 1.165) is 0 Å². The van der Waals surface area contributed by atoms with Crippen molar-refractivity contribution in [3.05, 3.63) is 60.2 Å². The Morgan fingerprint density at radius 2 is 1.74 bits per heavy atom. The van der Waals surface area contributed by atoms with Crippen molar-refractivity contribution < 1.29 is 9.59 Å². The van der Waals surface area contributed by atoms with E-state index >= 15 is 0 Å². The van der Waals surface area contributed by atoms with E-state index in [1.807, 2.05) is 18.2 Å². The van der Waals surface area contributed by atoms with Crippen molar-refractivity contribution >= 4 is 51.4 Å². The summed E-state index contributed by atoms with van der Waals surface area (Å²) >= 11 is 2.67. The maximum Gasteiger partial charge on any atom is 0.257 e. The first-order valence-corrected chi connectivity index (χ1v) is 9.85. The van der Waals surface area contributed by atoms with E-state index in [2.05, 4.69) is 26.1 Å². The van der Waals surface area contributed by atoms with E-state index in [1.165, 1.54) is 23.1 Å². The van der Waals surface area contributed by atoms with Crippen molar-refractivity contribution in [3.63, 3.8) is 0 Å². The molecular weight excluding hydrogens is 382 g/mol. The summed E-state index contributed by atoms with van der Waals surface area (Å²) in [5.74, 6) is -0.332. The van der Waals surface area contributed by atoms with Gasteiger partial charge in [-0.2, -0.15) is 0 Å². The van der Waals surface area contributed by atoms with Gasteiger partial charge >= 0.3 is 0 Å². The summed E-state index contributed by atoms with van der Waals surface area (Å²) in [6.45, 7) is 0. The van der Waals surface area contributed by atoms with Crippen molar-refractivity contribution in [2.24, 2.45) is 0 Å². The topological polar surface area (TPSA) is 96.0 Å². The van der Waals surface area contributed by atoms with Crippen LogP contribution in [0.1, 0.15) is 10.4 Å². The van der Waals surface area contributed by atoms with E-state index in [-0.39, 0.29) is 17.6 Å². The molecular formula is C18H17N5O2S2. The molecule has 0 spiro atoms. The smallest absolute Gasteiger partial charge is 0.257 e. The Kier molecular flexibility index (Phi) is 6.39. The molecule has 0 saturated heterocycles. The van der Waals surface area contributed by atoms with Crippen LogP contribution >= 0.6 is 23.1 Å². The third-order valence-corrected chi connectivity index (χ3v) is 5.50. The van der Waals surface area contributed by atoms with Gasteiger partial charge in [-0.25, -0.2) is 0 Å². The largest absolute Gasteiger partial charge is 0.363 e. The van der Waals surface area contributed by atoms with E-state index in [4.69, 9.17) is 0 Å². The lowest BCUT2D eigenvalue weighted by molar-refractivity contribution is -0.113. The number of thioether (sulfide) groups is 1. The molecule has 3 aromatic rings. The van der Waals surface area contributed by atoms with Crippen LogP contribution in [0.15, 0.2) is 58.9 Å². The number of nitrogens with one attached hydrogen (secondary N) is 3. The maximum atomic E-state index is 12.5. The molecule has 0 saturated carbocycles. The first kappa shape index (κ1) is 18.9. The van der Waals surface area contributed by atoms with Crippen LogP contribution < -0.4 is 16.0 Å². The molecule has 0 bridgehead atoms. The number of hydrogen-bond acceptors (Lipinski definition) is 7. The van der Waals surface area contributed by atoms with Crippen molar-refractivity contribution in [3.8, 4) is 0 Å². The molecule has 0 aliphatic rings. The second-order valence-electron chi connectivity index (χ2n) is 5.33. The van der Waals surface area contributed by atoms with E-state index < -0.39 is 0 Å². The van der Waals surface area contributed by atoms with Crippen molar-refractivity contribution in [1.82, 2.24) is 10.2 Å². The summed E-state index contributed by atoms with van der Waals surface area (Å²) in [4.78, 5) is 24.8. The molecule has 1 aromatic heterocycles. The molecule has 0 unspecified atom stereocenters. The molecule has 0 aliphatic carbocycles. The van der Waals surface area contributed by atoms with Crippen LogP contribution in [0.5, 0.6) is 0 Å². The fourth-order valence-corrected chi connectivity index (χ4v) is 3.70. The number of nitrogens with zero attached hydrogens (tertiary/aromatic N) is 2. The standard InChI is InChI=1S/C18H17N5O2S2/c1-19-17-22-23-18(27-17)26-11-15(24)21-14-10-6-5-9-13(14)16(25)20-12-7-3-2-4-8-12/h2-10H,11H2,1H3,(H,19,22)(H,20,25)(H,21,24). The third-order valence-electron chi connectivity index (χ3n) is 3.42. The first-order valence-electron chi connectivity index (χ1n) is 8.05. The highest BCUT2D eigenvalue weighted by molar-refractivity contribution is 8.01. The number of benzene rings is 2. The quantitative estimate of drug-likeness (QED) is 0.526. The monoisotopic (exact) mass is 399 g/mol. The molecule has 0 aliphatic heterocycles. The Hall–Kier alpha value is -2.91. The van der Waals surface area contributed by atoms with Crippen LogP contribution in [-0.4, -0.2) is 34.8 Å². The van der Waals surface area contributed by atoms with Gasteiger partial charge in [0.15, 0.2) is 4.34 Å². The lowest BCUT2D eigenvalue weighted by Crippen LogP contribution is -2.19. The number of carbonyl (C=O) groups excluding carboxylic acids is 2. The molecule has 7 nitrogen and oxygen atoms in total. The first-order chi connectivity index (χ1) is 13.2. The summed E-state index contributed by atoms with van der Waals surface area (Å²) < 4.78 is 0.699. The van der Waals surface area contributed by atoms with Gasteiger partial charge in [-0.05, 0) is 24.3 Å². The van der Waals surface area contributed by atoms with E-state index in [1.54, 1.807) is 43.4 Å². The van der Waals surface area contributed by atoms with E-state index in [9.17, 15) is 9.59 Å². The maximum absolute atomic E-state index is 12.5. The second kappa shape index (κ2) is 9.15. The van der Waals surface area contributed by atoms with Crippen LogP contribution in [0.3, 0.4) is 0 Å². The zero-order valence-electron chi connectivity index (χ0n) is 14.4. The van der Waals surface area contributed by atoms with Crippen LogP contribution in [0, 0.1) is 0 Å². The number of aromatic nitrogens is 2. The van der Waals surface area contributed by atoms with Crippen molar-refractivity contribution in [1.29, 1.82) is 0 Å². The van der Waals surface area contributed by atoms with Crippen LogP contribution in [0.2, 0.25) is 0 Å². The molecule has 3 N–H and O–H groups in total.